The van der Waals surface area contributed by atoms with Crippen molar-refractivity contribution in [1.82, 2.24) is 4.98 Å². The first-order chi connectivity index (χ1) is 14.8. The summed E-state index contributed by atoms with van der Waals surface area (Å²) in [5.74, 6) is 0.647. The maximum atomic E-state index is 6.30. The molecule has 0 atom stereocenters. The summed E-state index contributed by atoms with van der Waals surface area (Å²) in [5, 5.41) is 8.05. The van der Waals surface area contributed by atoms with Crippen LogP contribution in [0.15, 0.2) is 108 Å². The third-order valence-electron chi connectivity index (χ3n) is 5.44. The van der Waals surface area contributed by atoms with Crippen LogP contribution in [0.3, 0.4) is 0 Å². The van der Waals surface area contributed by atoms with Crippen LogP contribution in [0, 0.1) is 0 Å². The van der Waals surface area contributed by atoms with Crippen molar-refractivity contribution in [3.8, 4) is 11.5 Å². The standard InChI is InChI=1S/C27H18N2O/c1-3-7-20(8-4-1)27-29-24-16-14-19-12-11-18-13-15-22(28-21-9-5-2-6-10-21)17-23(18)25(19)26(24)30-27/h1-17,28H. The van der Waals surface area contributed by atoms with Gasteiger partial charge in [0.25, 0.3) is 0 Å². The first-order valence-corrected chi connectivity index (χ1v) is 9.99. The zero-order valence-electron chi connectivity index (χ0n) is 16.2. The molecule has 0 amide bonds. The maximum Gasteiger partial charge on any atom is 0.227 e. The third-order valence-corrected chi connectivity index (χ3v) is 5.44. The van der Waals surface area contributed by atoms with Gasteiger partial charge in [-0.1, -0.05) is 60.7 Å². The first-order valence-electron chi connectivity index (χ1n) is 9.99. The van der Waals surface area contributed by atoms with Crippen LogP contribution in [0.4, 0.5) is 11.4 Å². The van der Waals surface area contributed by atoms with Crippen LogP contribution >= 0.6 is 0 Å². The third kappa shape index (κ3) is 2.80. The molecule has 3 heteroatoms. The fraction of sp³-hybridized carbons (Fsp3) is 0. The molecule has 0 aliphatic rings. The van der Waals surface area contributed by atoms with E-state index in [2.05, 4.69) is 53.8 Å². The van der Waals surface area contributed by atoms with E-state index in [1.54, 1.807) is 0 Å². The molecule has 0 saturated heterocycles. The Morgan fingerprint density at radius 2 is 1.33 bits per heavy atom. The van der Waals surface area contributed by atoms with Crippen LogP contribution in [0.1, 0.15) is 0 Å². The summed E-state index contributed by atoms with van der Waals surface area (Å²) in [6, 6.07) is 35.1. The van der Waals surface area contributed by atoms with E-state index >= 15 is 0 Å². The van der Waals surface area contributed by atoms with Gasteiger partial charge in [0.1, 0.15) is 5.52 Å². The van der Waals surface area contributed by atoms with Gasteiger partial charge in [-0.05, 0) is 58.6 Å². The quantitative estimate of drug-likeness (QED) is 0.319. The van der Waals surface area contributed by atoms with Crippen LogP contribution in [-0.2, 0) is 0 Å². The van der Waals surface area contributed by atoms with Gasteiger partial charge in [-0.25, -0.2) is 4.98 Å². The number of hydrogen-bond acceptors (Lipinski definition) is 3. The average Bonchev–Trinajstić information content (AvgIpc) is 3.25. The van der Waals surface area contributed by atoms with Crippen molar-refractivity contribution in [2.45, 2.75) is 0 Å². The second-order valence-corrected chi connectivity index (χ2v) is 7.39. The lowest BCUT2D eigenvalue weighted by Crippen LogP contribution is -1.90. The van der Waals surface area contributed by atoms with Crippen molar-refractivity contribution in [2.24, 2.45) is 0 Å². The van der Waals surface area contributed by atoms with E-state index in [0.29, 0.717) is 5.89 Å². The van der Waals surface area contributed by atoms with Gasteiger partial charge in [0.15, 0.2) is 5.58 Å². The Hall–Kier alpha value is -4.11. The van der Waals surface area contributed by atoms with Crippen molar-refractivity contribution in [1.29, 1.82) is 0 Å². The van der Waals surface area contributed by atoms with Gasteiger partial charge in [-0.3, -0.25) is 0 Å². The summed E-state index contributed by atoms with van der Waals surface area (Å²) in [6.07, 6.45) is 0. The zero-order valence-corrected chi connectivity index (χ0v) is 16.2. The van der Waals surface area contributed by atoms with Gasteiger partial charge in [-0.15, -0.1) is 0 Å². The van der Waals surface area contributed by atoms with Gasteiger partial charge in [0.2, 0.25) is 5.89 Å². The molecule has 0 aliphatic heterocycles. The molecule has 0 radical (unpaired) electrons. The SMILES string of the molecule is c1ccc(Nc2ccc3ccc4ccc5nc(-c6ccccc6)oc5c4c3c2)cc1. The summed E-state index contributed by atoms with van der Waals surface area (Å²) in [4.78, 5) is 4.75. The summed E-state index contributed by atoms with van der Waals surface area (Å²) in [5.41, 5.74) is 4.78. The molecular weight excluding hydrogens is 368 g/mol. The minimum Gasteiger partial charge on any atom is -0.435 e. The summed E-state index contributed by atoms with van der Waals surface area (Å²) >= 11 is 0. The molecule has 0 saturated carbocycles. The number of nitrogens with one attached hydrogen (secondary N) is 1. The molecule has 1 N–H and O–H groups in total. The zero-order chi connectivity index (χ0) is 19.9. The Bertz CT molecular complexity index is 1500. The number of para-hydroxylation sites is 1. The fourth-order valence-corrected chi connectivity index (χ4v) is 3.99. The van der Waals surface area contributed by atoms with E-state index in [1.807, 2.05) is 54.6 Å². The van der Waals surface area contributed by atoms with Crippen molar-refractivity contribution >= 4 is 44.0 Å². The normalized spacial score (nSPS) is 11.3. The number of anilines is 2. The highest BCUT2D eigenvalue weighted by Gasteiger charge is 2.13. The lowest BCUT2D eigenvalue weighted by molar-refractivity contribution is 0.623. The maximum absolute atomic E-state index is 6.30. The highest BCUT2D eigenvalue weighted by atomic mass is 16.3. The Labute approximate surface area is 173 Å². The Balaban J connectivity index is 1.58. The van der Waals surface area contributed by atoms with E-state index in [0.717, 1.165) is 44.2 Å². The van der Waals surface area contributed by atoms with Crippen LogP contribution in [0.2, 0.25) is 0 Å². The van der Waals surface area contributed by atoms with Crippen molar-refractivity contribution < 1.29 is 4.42 Å². The lowest BCUT2D eigenvalue weighted by Gasteiger charge is -2.09. The second kappa shape index (κ2) is 6.75. The molecule has 1 aromatic heterocycles. The molecule has 142 valence electrons. The summed E-state index contributed by atoms with van der Waals surface area (Å²) in [7, 11) is 0. The van der Waals surface area contributed by atoms with Crippen molar-refractivity contribution in [2.75, 3.05) is 5.32 Å². The number of benzene rings is 5. The molecule has 0 aliphatic carbocycles. The lowest BCUT2D eigenvalue weighted by atomic mass is 10.0. The fourth-order valence-electron chi connectivity index (χ4n) is 3.99. The Kier molecular flexibility index (Phi) is 3.78. The smallest absolute Gasteiger partial charge is 0.227 e. The topological polar surface area (TPSA) is 38.1 Å². The minimum absolute atomic E-state index is 0.647. The van der Waals surface area contributed by atoms with Crippen molar-refractivity contribution in [3.05, 3.63) is 103 Å². The van der Waals surface area contributed by atoms with Crippen molar-refractivity contribution in [3.63, 3.8) is 0 Å². The minimum atomic E-state index is 0.647. The molecule has 1 heterocycles. The molecule has 0 spiro atoms. The first kappa shape index (κ1) is 16.8. The molecule has 0 fully saturated rings. The van der Waals surface area contributed by atoms with E-state index in [9.17, 15) is 0 Å². The van der Waals surface area contributed by atoms with Crippen LogP contribution in [0.5, 0.6) is 0 Å². The molecule has 0 unspecified atom stereocenters. The number of fused-ring (bicyclic) bond motifs is 5. The van der Waals surface area contributed by atoms with Gasteiger partial charge in [0.05, 0.1) is 0 Å². The van der Waals surface area contributed by atoms with Crippen LogP contribution in [-0.4, -0.2) is 4.98 Å². The predicted octanol–water partition coefficient (Wildman–Crippen LogP) is 7.54. The molecule has 5 aromatic carbocycles. The Morgan fingerprint density at radius 1 is 0.633 bits per heavy atom. The monoisotopic (exact) mass is 386 g/mol. The van der Waals surface area contributed by atoms with E-state index in [4.69, 9.17) is 9.40 Å². The summed E-state index contributed by atoms with van der Waals surface area (Å²) < 4.78 is 6.30. The molecule has 30 heavy (non-hydrogen) atoms. The van der Waals surface area contributed by atoms with Gasteiger partial charge < -0.3 is 9.73 Å². The largest absolute Gasteiger partial charge is 0.435 e. The van der Waals surface area contributed by atoms with Crippen LogP contribution in [0.25, 0.3) is 44.1 Å². The van der Waals surface area contributed by atoms with Gasteiger partial charge in [-0.2, -0.15) is 0 Å². The molecule has 0 bridgehead atoms. The molecule has 6 aromatic rings. The molecule has 6 rings (SSSR count). The van der Waals surface area contributed by atoms with E-state index in [-0.39, 0.29) is 0 Å². The van der Waals surface area contributed by atoms with E-state index < -0.39 is 0 Å². The summed E-state index contributed by atoms with van der Waals surface area (Å²) in [6.45, 7) is 0. The second-order valence-electron chi connectivity index (χ2n) is 7.39. The Morgan fingerprint density at radius 3 is 2.17 bits per heavy atom. The number of oxazole rings is 1. The molecular formula is C27H18N2O. The number of nitrogens with zero attached hydrogens (tertiary/aromatic N) is 1. The van der Waals surface area contributed by atoms with E-state index in [1.165, 1.54) is 5.39 Å². The predicted molar refractivity (Wildman–Crippen MR) is 124 cm³/mol. The highest BCUT2D eigenvalue weighted by Crippen LogP contribution is 2.36. The molecule has 3 nitrogen and oxygen atoms in total. The number of aromatic nitrogens is 1. The number of rotatable bonds is 3. The van der Waals surface area contributed by atoms with Crippen LogP contribution < -0.4 is 5.32 Å². The number of hydrogen-bond donors (Lipinski definition) is 1. The van der Waals surface area contributed by atoms with Gasteiger partial charge >= 0.3 is 0 Å². The average molecular weight is 386 g/mol. The highest BCUT2D eigenvalue weighted by molar-refractivity contribution is 6.18. The van der Waals surface area contributed by atoms with Gasteiger partial charge in [0, 0.05) is 22.3 Å².